The molecule has 0 aromatic heterocycles. The second-order valence-electron chi connectivity index (χ2n) is 11.1. The van der Waals surface area contributed by atoms with Crippen LogP contribution in [0, 0.1) is 5.92 Å². The number of rotatable bonds is 3. The van der Waals surface area contributed by atoms with Crippen molar-refractivity contribution >= 4 is 23.6 Å². The highest BCUT2D eigenvalue weighted by Gasteiger charge is 2.32. The first-order valence-electron chi connectivity index (χ1n) is 14.2. The molecule has 2 heterocycles. The van der Waals surface area contributed by atoms with Crippen LogP contribution in [0.5, 0.6) is 5.75 Å². The molecule has 216 valence electrons. The van der Waals surface area contributed by atoms with E-state index in [1.165, 1.54) is 0 Å². The minimum atomic E-state index is -1.07. The van der Waals surface area contributed by atoms with E-state index in [-0.39, 0.29) is 24.2 Å². The van der Waals surface area contributed by atoms with Crippen LogP contribution in [0.3, 0.4) is 0 Å². The number of para-hydroxylation sites is 1. The van der Waals surface area contributed by atoms with E-state index in [4.69, 9.17) is 4.74 Å². The van der Waals surface area contributed by atoms with E-state index in [0.717, 1.165) is 25.7 Å². The maximum atomic E-state index is 13.6. The van der Waals surface area contributed by atoms with Gasteiger partial charge in [0.2, 0.25) is 17.7 Å². The zero-order chi connectivity index (χ0) is 28.4. The van der Waals surface area contributed by atoms with Crippen molar-refractivity contribution in [3.63, 3.8) is 0 Å². The number of nitrogens with zero attached hydrogens (tertiary/aromatic N) is 3. The van der Waals surface area contributed by atoms with Crippen LogP contribution >= 0.6 is 0 Å². The van der Waals surface area contributed by atoms with Gasteiger partial charge in [0.25, 0.3) is 5.91 Å². The fourth-order valence-corrected chi connectivity index (χ4v) is 4.96. The Hall–Kier alpha value is -3.14. The molecule has 0 spiro atoms. The van der Waals surface area contributed by atoms with Gasteiger partial charge in [0.05, 0.1) is 18.6 Å². The molecule has 2 N–H and O–H groups in total. The molecule has 0 saturated carbocycles. The van der Waals surface area contributed by atoms with Crippen molar-refractivity contribution in [1.29, 1.82) is 0 Å². The molecule has 4 amide bonds. The monoisotopic (exact) mass is 543 g/mol. The van der Waals surface area contributed by atoms with Crippen molar-refractivity contribution in [2.45, 2.75) is 64.5 Å². The Morgan fingerprint density at radius 2 is 1.64 bits per heavy atom. The number of hydrogen-bond acceptors (Lipinski definition) is 6. The molecule has 3 rings (SSSR count). The summed E-state index contributed by atoms with van der Waals surface area (Å²) in [6, 6.07) is 5.20. The van der Waals surface area contributed by atoms with Crippen molar-refractivity contribution in [3.8, 4) is 5.75 Å². The van der Waals surface area contributed by atoms with E-state index >= 15 is 0 Å². The van der Waals surface area contributed by atoms with Crippen LogP contribution in [0.1, 0.15) is 62.7 Å². The number of ether oxygens (including phenoxy) is 1. The van der Waals surface area contributed by atoms with E-state index in [9.17, 15) is 19.2 Å². The van der Waals surface area contributed by atoms with Crippen LogP contribution in [0.15, 0.2) is 24.3 Å². The molecule has 0 aliphatic carbocycles. The van der Waals surface area contributed by atoms with Crippen molar-refractivity contribution in [1.82, 2.24) is 25.3 Å². The molecule has 1 saturated heterocycles. The summed E-state index contributed by atoms with van der Waals surface area (Å²) in [4.78, 5) is 59.0. The van der Waals surface area contributed by atoms with Gasteiger partial charge in [0.15, 0.2) is 0 Å². The molecular formula is C29H45N5O5. The van der Waals surface area contributed by atoms with E-state index in [1.54, 1.807) is 41.1 Å². The summed E-state index contributed by atoms with van der Waals surface area (Å²) in [6.45, 7) is 7.54. The first-order valence-corrected chi connectivity index (χ1v) is 14.2. The average molecular weight is 544 g/mol. The Kier molecular flexibility index (Phi) is 11.6. The average Bonchev–Trinajstić information content (AvgIpc) is 2.90. The largest absolute Gasteiger partial charge is 0.493 e. The molecule has 0 radical (unpaired) electrons. The van der Waals surface area contributed by atoms with Crippen LogP contribution in [0.4, 0.5) is 0 Å². The van der Waals surface area contributed by atoms with Gasteiger partial charge in [0.1, 0.15) is 17.8 Å². The Morgan fingerprint density at radius 3 is 2.36 bits per heavy atom. The molecule has 0 bridgehead atoms. The molecule has 39 heavy (non-hydrogen) atoms. The van der Waals surface area contributed by atoms with Crippen molar-refractivity contribution < 1.29 is 23.9 Å². The van der Waals surface area contributed by atoms with Crippen LogP contribution in [0.2, 0.25) is 0 Å². The quantitative estimate of drug-likeness (QED) is 0.603. The SMILES string of the molecule is CC(C)C[C@@H]1NC(=O)C[C@@H](C(=O)N2CCN(C)CC2)NC(=O)c2ccccc2OCCCCCCN(C)C1=O. The van der Waals surface area contributed by atoms with Gasteiger partial charge in [-0.15, -0.1) is 0 Å². The molecule has 2 atom stereocenters. The third-order valence-electron chi connectivity index (χ3n) is 7.30. The summed E-state index contributed by atoms with van der Waals surface area (Å²) in [5, 5.41) is 5.69. The van der Waals surface area contributed by atoms with Gasteiger partial charge in [-0.05, 0) is 44.4 Å². The number of likely N-dealkylation sites (N-methyl/N-ethyl adjacent to an activating group) is 2. The lowest BCUT2D eigenvalue weighted by Crippen LogP contribution is -2.56. The van der Waals surface area contributed by atoms with E-state index in [1.807, 2.05) is 20.9 Å². The zero-order valence-corrected chi connectivity index (χ0v) is 23.9. The zero-order valence-electron chi connectivity index (χ0n) is 23.9. The number of hydrogen-bond donors (Lipinski definition) is 2. The number of benzene rings is 1. The highest BCUT2D eigenvalue weighted by atomic mass is 16.5. The third kappa shape index (κ3) is 9.23. The first kappa shape index (κ1) is 30.4. The molecule has 10 heteroatoms. The van der Waals surface area contributed by atoms with E-state index in [0.29, 0.717) is 57.1 Å². The molecule has 1 aromatic carbocycles. The highest BCUT2D eigenvalue weighted by Crippen LogP contribution is 2.20. The molecule has 10 nitrogen and oxygen atoms in total. The predicted octanol–water partition coefficient (Wildman–Crippen LogP) is 1.89. The number of amides is 4. The van der Waals surface area contributed by atoms with Crippen molar-refractivity contribution in [2.75, 3.05) is 53.4 Å². The van der Waals surface area contributed by atoms with Crippen molar-refractivity contribution in [2.24, 2.45) is 5.92 Å². The molecular weight excluding hydrogens is 498 g/mol. The van der Waals surface area contributed by atoms with Crippen LogP contribution in [-0.4, -0.2) is 104 Å². The lowest BCUT2D eigenvalue weighted by atomic mass is 10.0. The fraction of sp³-hybridized carbons (Fsp3) is 0.655. The summed E-state index contributed by atoms with van der Waals surface area (Å²) in [6.07, 6.45) is 3.79. The summed E-state index contributed by atoms with van der Waals surface area (Å²) in [5.74, 6) is -0.717. The van der Waals surface area contributed by atoms with Gasteiger partial charge in [0, 0.05) is 39.8 Å². The summed E-state index contributed by atoms with van der Waals surface area (Å²) < 4.78 is 5.93. The second-order valence-corrected chi connectivity index (χ2v) is 11.1. The minimum absolute atomic E-state index is 0.138. The fourth-order valence-electron chi connectivity index (χ4n) is 4.96. The Labute approximate surface area is 232 Å². The van der Waals surface area contributed by atoms with Crippen LogP contribution in [-0.2, 0) is 14.4 Å². The van der Waals surface area contributed by atoms with Gasteiger partial charge in [-0.2, -0.15) is 0 Å². The molecule has 2 aliphatic rings. The number of carbonyl (C=O) groups excluding carboxylic acids is 4. The van der Waals surface area contributed by atoms with Gasteiger partial charge in [-0.3, -0.25) is 19.2 Å². The van der Waals surface area contributed by atoms with Crippen molar-refractivity contribution in [3.05, 3.63) is 29.8 Å². The maximum absolute atomic E-state index is 13.6. The predicted molar refractivity (Wildman–Crippen MR) is 149 cm³/mol. The van der Waals surface area contributed by atoms with Gasteiger partial charge >= 0.3 is 0 Å². The maximum Gasteiger partial charge on any atom is 0.255 e. The number of carbonyl (C=O) groups is 4. The standard InChI is InChI=1S/C29H45N5O5/c1-21(2)19-23-28(37)33(4)13-9-5-6-10-18-39-25-12-8-7-11-22(25)27(36)31-24(20-26(35)30-23)29(38)34-16-14-32(3)15-17-34/h7-8,11-12,21,23-24H,5-6,9-10,13-20H2,1-4H3,(H,30,35)(H,31,36)/t23-,24-/m0/s1. The van der Waals surface area contributed by atoms with Crippen LogP contribution in [0.25, 0.3) is 0 Å². The minimum Gasteiger partial charge on any atom is -0.493 e. The Morgan fingerprint density at radius 1 is 0.949 bits per heavy atom. The van der Waals surface area contributed by atoms with Gasteiger partial charge < -0.3 is 30.1 Å². The normalized spacial score (nSPS) is 23.3. The first-order chi connectivity index (χ1) is 18.7. The van der Waals surface area contributed by atoms with Crippen LogP contribution < -0.4 is 15.4 Å². The van der Waals surface area contributed by atoms with E-state index in [2.05, 4.69) is 15.5 Å². The lowest BCUT2D eigenvalue weighted by molar-refractivity contribution is -0.138. The summed E-state index contributed by atoms with van der Waals surface area (Å²) in [5.41, 5.74) is 0.324. The van der Waals surface area contributed by atoms with Gasteiger partial charge in [-0.25, -0.2) is 0 Å². The summed E-state index contributed by atoms with van der Waals surface area (Å²) >= 11 is 0. The molecule has 2 aliphatic heterocycles. The second kappa shape index (κ2) is 14.9. The lowest BCUT2D eigenvalue weighted by Gasteiger charge is -2.35. The molecule has 1 aromatic rings. The summed E-state index contributed by atoms with van der Waals surface area (Å²) in [7, 11) is 3.76. The number of piperazine rings is 1. The molecule has 1 fully saturated rings. The number of fused-ring (bicyclic) bond motifs is 1. The Bertz CT molecular complexity index is 992. The Balaban J connectivity index is 1.87. The molecule has 0 unspecified atom stereocenters. The number of nitrogens with one attached hydrogen (secondary N) is 2. The topological polar surface area (TPSA) is 111 Å². The van der Waals surface area contributed by atoms with Gasteiger partial charge in [-0.1, -0.05) is 38.8 Å². The smallest absolute Gasteiger partial charge is 0.255 e. The van der Waals surface area contributed by atoms with E-state index < -0.39 is 23.9 Å². The third-order valence-corrected chi connectivity index (χ3v) is 7.30. The highest BCUT2D eigenvalue weighted by molar-refractivity contribution is 6.01.